The summed E-state index contributed by atoms with van der Waals surface area (Å²) in [5, 5.41) is 13.6. The van der Waals surface area contributed by atoms with Gasteiger partial charge in [-0.15, -0.1) is 11.3 Å². The van der Waals surface area contributed by atoms with Crippen LogP contribution in [0.2, 0.25) is 0 Å². The van der Waals surface area contributed by atoms with Crippen LogP contribution in [0.1, 0.15) is 12.1 Å². The molecule has 1 atom stereocenters. The van der Waals surface area contributed by atoms with E-state index in [2.05, 4.69) is 10.3 Å². The molecule has 0 aromatic carbocycles. The minimum Gasteiger partial charge on any atom is -0.479 e. The van der Waals surface area contributed by atoms with Crippen LogP contribution in [0.15, 0.2) is 10.9 Å². The van der Waals surface area contributed by atoms with E-state index >= 15 is 0 Å². The summed E-state index contributed by atoms with van der Waals surface area (Å²) in [6.45, 7) is 0.673. The van der Waals surface area contributed by atoms with Crippen LogP contribution in [0.4, 0.5) is 4.79 Å². The number of urea groups is 1. The van der Waals surface area contributed by atoms with Crippen molar-refractivity contribution in [1.82, 2.24) is 15.2 Å². The molecule has 0 spiro atoms. The molecule has 2 rings (SSSR count). The van der Waals surface area contributed by atoms with Crippen molar-refractivity contribution < 1.29 is 19.4 Å². The lowest BCUT2D eigenvalue weighted by atomic mass is 9.99. The molecule has 2 N–H and O–H groups in total. The van der Waals surface area contributed by atoms with Gasteiger partial charge in [0.05, 0.1) is 24.4 Å². The summed E-state index contributed by atoms with van der Waals surface area (Å²) >= 11 is 1.45. The first kappa shape index (κ1) is 13.8. The van der Waals surface area contributed by atoms with Gasteiger partial charge in [-0.3, -0.25) is 0 Å². The Balaban J connectivity index is 1.97. The van der Waals surface area contributed by atoms with Gasteiger partial charge in [-0.05, 0) is 0 Å². The number of nitrogens with zero attached hydrogens (tertiary/aromatic N) is 2. The zero-order chi connectivity index (χ0) is 13.9. The molecule has 1 fully saturated rings. The normalized spacial score (nSPS) is 22.2. The van der Waals surface area contributed by atoms with Crippen LogP contribution < -0.4 is 5.32 Å². The summed E-state index contributed by atoms with van der Waals surface area (Å²) in [6, 6.07) is -0.444. The number of hydrogen-bond donors (Lipinski definition) is 2. The summed E-state index contributed by atoms with van der Waals surface area (Å²) in [5.41, 5.74) is 1.15. The van der Waals surface area contributed by atoms with E-state index < -0.39 is 17.5 Å². The van der Waals surface area contributed by atoms with Crippen molar-refractivity contribution >= 4 is 23.3 Å². The number of carboxylic acids is 1. The van der Waals surface area contributed by atoms with E-state index in [0.717, 1.165) is 5.69 Å². The molecule has 104 valence electrons. The summed E-state index contributed by atoms with van der Waals surface area (Å²) in [4.78, 5) is 28.8. The smallest absolute Gasteiger partial charge is 0.332 e. The van der Waals surface area contributed by atoms with Crippen LogP contribution in [-0.2, 0) is 16.1 Å². The monoisotopic (exact) mass is 285 g/mol. The van der Waals surface area contributed by atoms with Crippen LogP contribution in [0.25, 0.3) is 0 Å². The van der Waals surface area contributed by atoms with Crippen molar-refractivity contribution in [2.75, 3.05) is 20.3 Å². The van der Waals surface area contributed by atoms with E-state index in [1.165, 1.54) is 16.2 Å². The van der Waals surface area contributed by atoms with Crippen LogP contribution in [0.5, 0.6) is 0 Å². The first-order valence-corrected chi connectivity index (χ1v) is 6.69. The van der Waals surface area contributed by atoms with Gasteiger partial charge in [-0.25, -0.2) is 14.6 Å². The van der Waals surface area contributed by atoms with E-state index in [4.69, 9.17) is 4.74 Å². The largest absolute Gasteiger partial charge is 0.479 e. The molecule has 1 saturated heterocycles. The predicted molar refractivity (Wildman–Crippen MR) is 67.9 cm³/mol. The Labute approximate surface area is 114 Å². The maximum absolute atomic E-state index is 12.0. The summed E-state index contributed by atoms with van der Waals surface area (Å²) in [5.74, 6) is -1.07. The second kappa shape index (κ2) is 5.54. The Bertz CT molecular complexity index is 457. The van der Waals surface area contributed by atoms with Gasteiger partial charge >= 0.3 is 12.0 Å². The number of hydrogen-bond acceptors (Lipinski definition) is 5. The second-order valence-corrected chi connectivity index (χ2v) is 5.17. The van der Waals surface area contributed by atoms with Crippen LogP contribution in [-0.4, -0.2) is 52.8 Å². The molecule has 0 bridgehead atoms. The number of carbonyl (C=O) groups excluding carboxylic acids is 1. The lowest BCUT2D eigenvalue weighted by Crippen LogP contribution is -2.57. The Hall–Kier alpha value is -1.67. The fourth-order valence-corrected chi connectivity index (χ4v) is 2.37. The number of amides is 2. The number of nitrogens with one attached hydrogen (secondary N) is 1. The molecule has 1 unspecified atom stereocenters. The third-order valence-electron chi connectivity index (χ3n) is 3.01. The molecule has 1 aromatic rings. The molecule has 2 heterocycles. The van der Waals surface area contributed by atoms with Gasteiger partial charge in [-0.2, -0.15) is 0 Å². The number of ether oxygens (including phenoxy) is 1. The number of carboxylic acid groups (broad SMARTS) is 1. The summed E-state index contributed by atoms with van der Waals surface area (Å²) < 4.78 is 5.08. The number of aromatic nitrogens is 1. The number of carbonyl (C=O) groups is 2. The molecule has 7 nitrogen and oxygen atoms in total. The first-order valence-electron chi connectivity index (χ1n) is 5.75. The molecule has 1 aromatic heterocycles. The Morgan fingerprint density at radius 2 is 2.47 bits per heavy atom. The molecule has 1 aliphatic rings. The van der Waals surface area contributed by atoms with Crippen LogP contribution in [0, 0.1) is 0 Å². The van der Waals surface area contributed by atoms with E-state index in [9.17, 15) is 14.7 Å². The van der Waals surface area contributed by atoms with Gasteiger partial charge in [0, 0.05) is 25.5 Å². The lowest BCUT2D eigenvalue weighted by molar-refractivity contribution is -0.144. The van der Waals surface area contributed by atoms with Crippen LogP contribution in [0.3, 0.4) is 0 Å². The summed E-state index contributed by atoms with van der Waals surface area (Å²) in [6.07, 6.45) is 0.276. The highest BCUT2D eigenvalue weighted by molar-refractivity contribution is 7.07. The van der Waals surface area contributed by atoms with E-state index in [0.29, 0.717) is 13.2 Å². The van der Waals surface area contributed by atoms with Crippen molar-refractivity contribution in [3.63, 3.8) is 0 Å². The zero-order valence-electron chi connectivity index (χ0n) is 10.5. The van der Waals surface area contributed by atoms with Crippen LogP contribution >= 0.6 is 11.3 Å². The second-order valence-electron chi connectivity index (χ2n) is 4.46. The molecular formula is C11H15N3O4S. The number of rotatable bonds is 4. The fraction of sp³-hybridized carbons (Fsp3) is 0.545. The lowest BCUT2D eigenvalue weighted by Gasteiger charge is -2.27. The minimum atomic E-state index is -1.31. The minimum absolute atomic E-state index is 0.00137. The van der Waals surface area contributed by atoms with Crippen molar-refractivity contribution in [1.29, 1.82) is 0 Å². The topological polar surface area (TPSA) is 91.8 Å². The van der Waals surface area contributed by atoms with Crippen molar-refractivity contribution in [3.8, 4) is 0 Å². The van der Waals surface area contributed by atoms with Crippen molar-refractivity contribution in [3.05, 3.63) is 16.6 Å². The quantitative estimate of drug-likeness (QED) is 0.842. The van der Waals surface area contributed by atoms with Gasteiger partial charge in [0.1, 0.15) is 0 Å². The van der Waals surface area contributed by atoms with Gasteiger partial charge in [-0.1, -0.05) is 0 Å². The first-order chi connectivity index (χ1) is 9.03. The molecule has 8 heteroatoms. The predicted octanol–water partition coefficient (Wildman–Crippen LogP) is 0.528. The van der Waals surface area contributed by atoms with Crippen molar-refractivity contribution in [2.45, 2.75) is 18.5 Å². The average molecular weight is 285 g/mol. The third-order valence-corrected chi connectivity index (χ3v) is 3.64. The maximum atomic E-state index is 12.0. The van der Waals surface area contributed by atoms with E-state index in [1.54, 1.807) is 12.6 Å². The third kappa shape index (κ3) is 3.02. The highest BCUT2D eigenvalue weighted by Gasteiger charge is 2.44. The summed E-state index contributed by atoms with van der Waals surface area (Å²) in [7, 11) is 1.60. The zero-order valence-corrected chi connectivity index (χ0v) is 11.3. The highest BCUT2D eigenvalue weighted by Crippen LogP contribution is 2.19. The fourth-order valence-electron chi connectivity index (χ4n) is 1.82. The SMILES string of the molecule is CN(Cc1cscn1)C(=O)NC1(C(=O)O)CCOC1. The highest BCUT2D eigenvalue weighted by atomic mass is 32.1. The molecule has 19 heavy (non-hydrogen) atoms. The van der Waals surface area contributed by atoms with Crippen molar-refractivity contribution in [2.24, 2.45) is 0 Å². The van der Waals surface area contributed by atoms with E-state index in [1.807, 2.05) is 5.38 Å². The molecule has 2 amide bonds. The van der Waals surface area contributed by atoms with Gasteiger partial charge in [0.2, 0.25) is 0 Å². The molecule has 0 radical (unpaired) electrons. The molecule has 1 aliphatic heterocycles. The van der Waals surface area contributed by atoms with Gasteiger partial charge < -0.3 is 20.1 Å². The maximum Gasteiger partial charge on any atom is 0.332 e. The van der Waals surface area contributed by atoms with Gasteiger partial charge in [0.15, 0.2) is 5.54 Å². The Morgan fingerprint density at radius 3 is 3.00 bits per heavy atom. The number of thiazole rings is 1. The molecule has 0 saturated carbocycles. The van der Waals surface area contributed by atoms with Gasteiger partial charge in [0.25, 0.3) is 0 Å². The Kier molecular flexibility index (Phi) is 4.01. The van der Waals surface area contributed by atoms with E-state index in [-0.39, 0.29) is 13.0 Å². The molecule has 0 aliphatic carbocycles. The average Bonchev–Trinajstić information content (AvgIpc) is 3.00. The Morgan fingerprint density at radius 1 is 1.68 bits per heavy atom. The number of aliphatic carboxylic acids is 1. The molecular weight excluding hydrogens is 270 g/mol. The standard InChI is InChI=1S/C11H15N3O4S/c1-14(4-8-5-19-7-12-8)10(17)13-11(9(15)16)2-3-18-6-11/h5,7H,2-4,6H2,1H3,(H,13,17)(H,15,16).